The third-order valence-corrected chi connectivity index (χ3v) is 4.54. The molecule has 1 aromatic carbocycles. The van der Waals surface area contributed by atoms with Gasteiger partial charge in [0.15, 0.2) is 0 Å². The van der Waals surface area contributed by atoms with Crippen molar-refractivity contribution in [2.24, 2.45) is 0 Å². The molecule has 0 atom stereocenters. The van der Waals surface area contributed by atoms with E-state index in [1.165, 1.54) is 10.4 Å². The molecule has 0 fully saturated rings. The molecule has 1 aromatic heterocycles. The van der Waals surface area contributed by atoms with Crippen LogP contribution in [0.15, 0.2) is 18.2 Å². The molecule has 2 aromatic rings. The summed E-state index contributed by atoms with van der Waals surface area (Å²) in [5.41, 5.74) is 4.15. The number of rotatable bonds is 4. The lowest BCUT2D eigenvalue weighted by Gasteiger charge is -2.07. The van der Waals surface area contributed by atoms with Crippen molar-refractivity contribution in [1.82, 2.24) is 10.3 Å². The summed E-state index contributed by atoms with van der Waals surface area (Å²) in [5.74, 6) is -0.00742. The highest BCUT2D eigenvalue weighted by Crippen LogP contribution is 2.17. The Balaban J connectivity index is 1.92. The molecule has 2 rings (SSSR count). The molecule has 0 aliphatic rings. The van der Waals surface area contributed by atoms with Crippen LogP contribution in [0.4, 0.5) is 0 Å². The van der Waals surface area contributed by atoms with Crippen molar-refractivity contribution >= 4 is 17.2 Å². The highest BCUT2D eigenvalue weighted by atomic mass is 32.1. The fraction of sp³-hybridized carbons (Fsp3) is 0.375. The Morgan fingerprint density at radius 1 is 1.20 bits per heavy atom. The first-order valence-electron chi connectivity index (χ1n) is 6.75. The van der Waals surface area contributed by atoms with Crippen LogP contribution in [0.1, 0.15) is 37.1 Å². The number of benzene rings is 1. The van der Waals surface area contributed by atoms with E-state index < -0.39 is 0 Å². The van der Waals surface area contributed by atoms with Gasteiger partial charge in [0, 0.05) is 23.4 Å². The van der Waals surface area contributed by atoms with E-state index in [1.54, 1.807) is 11.3 Å². The van der Waals surface area contributed by atoms with Crippen LogP contribution < -0.4 is 5.32 Å². The Morgan fingerprint density at radius 2 is 1.95 bits per heavy atom. The quantitative estimate of drug-likeness (QED) is 0.937. The van der Waals surface area contributed by atoms with Crippen molar-refractivity contribution < 1.29 is 4.79 Å². The molecule has 0 aliphatic heterocycles. The van der Waals surface area contributed by atoms with Gasteiger partial charge in [0.2, 0.25) is 0 Å². The summed E-state index contributed by atoms with van der Waals surface area (Å²) in [6.45, 7) is 8.74. The number of hydrogen-bond acceptors (Lipinski definition) is 3. The molecule has 0 aliphatic carbocycles. The van der Waals surface area contributed by atoms with Gasteiger partial charge >= 0.3 is 0 Å². The molecular weight excluding hydrogens is 268 g/mol. The lowest BCUT2D eigenvalue weighted by molar-refractivity contribution is 0.0954. The van der Waals surface area contributed by atoms with E-state index in [4.69, 9.17) is 0 Å². The van der Waals surface area contributed by atoms with E-state index in [0.29, 0.717) is 6.54 Å². The summed E-state index contributed by atoms with van der Waals surface area (Å²) in [7, 11) is 0. The van der Waals surface area contributed by atoms with E-state index in [1.807, 2.05) is 45.9 Å². The van der Waals surface area contributed by atoms with Crippen LogP contribution >= 0.6 is 11.3 Å². The zero-order valence-electron chi connectivity index (χ0n) is 12.4. The Bertz CT molecular complexity index is 631. The molecule has 106 valence electrons. The zero-order chi connectivity index (χ0) is 14.7. The lowest BCUT2D eigenvalue weighted by atomic mass is 10.1. The second-order valence-electron chi connectivity index (χ2n) is 5.05. The molecular formula is C16H20N2OS. The molecule has 0 spiro atoms. The van der Waals surface area contributed by atoms with Gasteiger partial charge in [0.25, 0.3) is 5.91 Å². The van der Waals surface area contributed by atoms with Gasteiger partial charge in [0.1, 0.15) is 0 Å². The first kappa shape index (κ1) is 14.7. The molecule has 1 amide bonds. The summed E-state index contributed by atoms with van der Waals surface area (Å²) < 4.78 is 0. The van der Waals surface area contributed by atoms with Crippen LogP contribution in [0.5, 0.6) is 0 Å². The Kier molecular flexibility index (Phi) is 4.55. The largest absolute Gasteiger partial charge is 0.352 e. The fourth-order valence-electron chi connectivity index (χ4n) is 2.08. The van der Waals surface area contributed by atoms with Crippen LogP contribution in [0.25, 0.3) is 0 Å². The summed E-state index contributed by atoms with van der Waals surface area (Å²) in [6.07, 6.45) is 0.841. The lowest BCUT2D eigenvalue weighted by Crippen LogP contribution is -2.25. The molecule has 0 unspecified atom stereocenters. The average Bonchev–Trinajstić information content (AvgIpc) is 2.71. The molecule has 1 N–H and O–H groups in total. The van der Waals surface area contributed by atoms with Crippen LogP contribution in [0, 0.1) is 27.7 Å². The number of nitrogens with one attached hydrogen (secondary N) is 1. The van der Waals surface area contributed by atoms with Crippen molar-refractivity contribution in [3.8, 4) is 0 Å². The first-order chi connectivity index (χ1) is 9.47. The molecule has 4 heteroatoms. The SMILES string of the molecule is Cc1nc(C)c(CCNC(=O)c2ccc(C)c(C)c2)s1. The second-order valence-corrected chi connectivity index (χ2v) is 6.33. The minimum Gasteiger partial charge on any atom is -0.352 e. The van der Waals surface area contributed by atoms with Gasteiger partial charge in [0.05, 0.1) is 10.7 Å². The van der Waals surface area contributed by atoms with E-state index in [9.17, 15) is 4.79 Å². The average molecular weight is 288 g/mol. The summed E-state index contributed by atoms with van der Waals surface area (Å²) in [5, 5.41) is 4.05. The topological polar surface area (TPSA) is 42.0 Å². The maximum absolute atomic E-state index is 12.1. The van der Waals surface area contributed by atoms with Gasteiger partial charge in [-0.05, 0) is 51.0 Å². The molecule has 0 bridgehead atoms. The number of hydrogen-bond donors (Lipinski definition) is 1. The van der Waals surface area contributed by atoms with Gasteiger partial charge < -0.3 is 5.32 Å². The smallest absolute Gasteiger partial charge is 0.251 e. The first-order valence-corrected chi connectivity index (χ1v) is 7.57. The Labute approximate surface area is 124 Å². The monoisotopic (exact) mass is 288 g/mol. The molecule has 0 saturated carbocycles. The maximum atomic E-state index is 12.1. The van der Waals surface area contributed by atoms with Crippen molar-refractivity contribution in [3.63, 3.8) is 0 Å². The number of carbonyl (C=O) groups is 1. The third kappa shape index (κ3) is 3.45. The van der Waals surface area contributed by atoms with E-state index >= 15 is 0 Å². The molecule has 1 heterocycles. The van der Waals surface area contributed by atoms with E-state index in [-0.39, 0.29) is 5.91 Å². The number of thiazole rings is 1. The normalized spacial score (nSPS) is 10.6. The third-order valence-electron chi connectivity index (χ3n) is 3.41. The summed E-state index contributed by atoms with van der Waals surface area (Å²) in [4.78, 5) is 17.7. The summed E-state index contributed by atoms with van der Waals surface area (Å²) >= 11 is 1.70. The Morgan fingerprint density at radius 3 is 2.55 bits per heavy atom. The predicted molar refractivity (Wildman–Crippen MR) is 83.5 cm³/mol. The Hall–Kier alpha value is -1.68. The maximum Gasteiger partial charge on any atom is 0.251 e. The number of aryl methyl sites for hydroxylation is 4. The van der Waals surface area contributed by atoms with Crippen LogP contribution in [-0.2, 0) is 6.42 Å². The minimum absolute atomic E-state index is 0.00742. The molecule has 3 nitrogen and oxygen atoms in total. The van der Waals surface area contributed by atoms with Crippen LogP contribution in [0.3, 0.4) is 0 Å². The van der Waals surface area contributed by atoms with Gasteiger partial charge in [-0.3, -0.25) is 4.79 Å². The number of amides is 1. The standard InChI is InChI=1S/C16H20N2OS/c1-10-5-6-14(9-11(10)2)16(19)17-8-7-15-12(3)18-13(4)20-15/h5-6,9H,7-8H2,1-4H3,(H,17,19). The highest BCUT2D eigenvalue weighted by Gasteiger charge is 2.08. The van der Waals surface area contributed by atoms with E-state index in [2.05, 4.69) is 10.3 Å². The van der Waals surface area contributed by atoms with Gasteiger partial charge in [-0.15, -0.1) is 11.3 Å². The molecule has 20 heavy (non-hydrogen) atoms. The minimum atomic E-state index is -0.00742. The summed E-state index contributed by atoms with van der Waals surface area (Å²) in [6, 6.07) is 5.80. The fourth-order valence-corrected chi connectivity index (χ4v) is 3.02. The van der Waals surface area contributed by atoms with Crippen molar-refractivity contribution in [2.45, 2.75) is 34.1 Å². The van der Waals surface area contributed by atoms with Gasteiger partial charge in [-0.2, -0.15) is 0 Å². The van der Waals surface area contributed by atoms with E-state index in [0.717, 1.165) is 28.2 Å². The van der Waals surface area contributed by atoms with Crippen LogP contribution in [0.2, 0.25) is 0 Å². The van der Waals surface area contributed by atoms with Crippen molar-refractivity contribution in [2.75, 3.05) is 6.54 Å². The second kappa shape index (κ2) is 6.18. The predicted octanol–water partition coefficient (Wildman–Crippen LogP) is 3.35. The number of carbonyl (C=O) groups excluding carboxylic acids is 1. The van der Waals surface area contributed by atoms with Crippen molar-refractivity contribution in [1.29, 1.82) is 0 Å². The number of nitrogens with zero attached hydrogens (tertiary/aromatic N) is 1. The van der Waals surface area contributed by atoms with Crippen molar-refractivity contribution in [3.05, 3.63) is 50.5 Å². The van der Waals surface area contributed by atoms with Gasteiger partial charge in [-0.1, -0.05) is 6.07 Å². The zero-order valence-corrected chi connectivity index (χ0v) is 13.2. The molecule has 0 saturated heterocycles. The molecule has 0 radical (unpaired) electrons. The van der Waals surface area contributed by atoms with Crippen LogP contribution in [-0.4, -0.2) is 17.4 Å². The number of aromatic nitrogens is 1. The van der Waals surface area contributed by atoms with Gasteiger partial charge in [-0.25, -0.2) is 4.98 Å². The highest BCUT2D eigenvalue weighted by molar-refractivity contribution is 7.11.